The van der Waals surface area contributed by atoms with Crippen LogP contribution in [0.4, 0.5) is 0 Å². The summed E-state index contributed by atoms with van der Waals surface area (Å²) in [6.07, 6.45) is 1.19. The zero-order chi connectivity index (χ0) is 18.0. The fourth-order valence-corrected chi connectivity index (χ4v) is 5.02. The standard InChI is InChI=1S/C18H27N3O3S.ClH/c1-2-25(23,24)21-10-8-15(9-11-21)18(22)20-12-16(17(19)13-20)14-6-4-3-5-7-14;/h3-7,15-17H,2,8-13,19H2,1H3;1H/t16-,17+;/m0./s1. The second-order valence-electron chi connectivity index (χ2n) is 7.00. The zero-order valence-electron chi connectivity index (χ0n) is 15.1. The first kappa shape index (κ1) is 21.2. The van der Waals surface area contributed by atoms with E-state index < -0.39 is 10.0 Å². The summed E-state index contributed by atoms with van der Waals surface area (Å²) in [5.74, 6) is 0.323. The number of benzene rings is 1. The molecule has 2 fully saturated rings. The van der Waals surface area contributed by atoms with Crippen molar-refractivity contribution in [2.24, 2.45) is 11.7 Å². The SMILES string of the molecule is CCS(=O)(=O)N1CCC(C(=O)N2C[C@@H](N)[C@H](c3ccccc3)C2)CC1.Cl. The van der Waals surface area contributed by atoms with E-state index >= 15 is 0 Å². The van der Waals surface area contributed by atoms with Crippen LogP contribution in [-0.4, -0.2) is 61.5 Å². The van der Waals surface area contributed by atoms with E-state index in [0.29, 0.717) is 39.0 Å². The highest BCUT2D eigenvalue weighted by Crippen LogP contribution is 2.29. The first-order chi connectivity index (χ1) is 11.9. The lowest BCUT2D eigenvalue weighted by Gasteiger charge is -2.32. The Morgan fingerprint density at radius 1 is 1.15 bits per heavy atom. The number of rotatable bonds is 4. The molecule has 26 heavy (non-hydrogen) atoms. The topological polar surface area (TPSA) is 83.7 Å². The number of nitrogens with two attached hydrogens (primary N) is 1. The van der Waals surface area contributed by atoms with E-state index in [9.17, 15) is 13.2 Å². The third-order valence-corrected chi connectivity index (χ3v) is 7.35. The van der Waals surface area contributed by atoms with Gasteiger partial charge in [-0.2, -0.15) is 0 Å². The molecule has 0 spiro atoms. The normalized spacial score (nSPS) is 25.1. The van der Waals surface area contributed by atoms with E-state index in [4.69, 9.17) is 5.73 Å². The average molecular weight is 402 g/mol. The minimum Gasteiger partial charge on any atom is -0.340 e. The zero-order valence-corrected chi connectivity index (χ0v) is 16.7. The van der Waals surface area contributed by atoms with Crippen molar-refractivity contribution in [1.82, 2.24) is 9.21 Å². The summed E-state index contributed by atoms with van der Waals surface area (Å²) in [5.41, 5.74) is 7.46. The Morgan fingerprint density at radius 2 is 1.77 bits per heavy atom. The van der Waals surface area contributed by atoms with Crippen molar-refractivity contribution in [3.05, 3.63) is 35.9 Å². The molecule has 1 amide bonds. The van der Waals surface area contributed by atoms with Crippen LogP contribution in [0.25, 0.3) is 0 Å². The maximum absolute atomic E-state index is 12.9. The lowest BCUT2D eigenvalue weighted by Crippen LogP contribution is -2.44. The van der Waals surface area contributed by atoms with Crippen LogP contribution in [0.3, 0.4) is 0 Å². The van der Waals surface area contributed by atoms with Gasteiger partial charge in [-0.3, -0.25) is 4.79 Å². The number of carbonyl (C=O) groups is 1. The van der Waals surface area contributed by atoms with Crippen LogP contribution in [0, 0.1) is 5.92 Å². The maximum Gasteiger partial charge on any atom is 0.225 e. The number of likely N-dealkylation sites (tertiary alicyclic amines) is 1. The molecule has 8 heteroatoms. The molecule has 0 radical (unpaired) electrons. The third-order valence-electron chi connectivity index (χ3n) is 5.47. The summed E-state index contributed by atoms with van der Waals surface area (Å²) in [6.45, 7) is 3.76. The highest BCUT2D eigenvalue weighted by atomic mass is 35.5. The molecule has 3 rings (SSSR count). The van der Waals surface area contributed by atoms with Gasteiger partial charge in [0.25, 0.3) is 0 Å². The number of hydrogen-bond donors (Lipinski definition) is 1. The van der Waals surface area contributed by atoms with Crippen LogP contribution >= 0.6 is 12.4 Å². The predicted octanol–water partition coefficient (Wildman–Crippen LogP) is 1.42. The van der Waals surface area contributed by atoms with Gasteiger partial charge >= 0.3 is 0 Å². The number of carbonyl (C=O) groups excluding carboxylic acids is 1. The van der Waals surface area contributed by atoms with E-state index in [0.717, 1.165) is 0 Å². The molecule has 6 nitrogen and oxygen atoms in total. The van der Waals surface area contributed by atoms with Crippen LogP contribution < -0.4 is 5.73 Å². The molecule has 0 aromatic heterocycles. The Bertz CT molecular complexity index is 706. The highest BCUT2D eigenvalue weighted by molar-refractivity contribution is 7.89. The van der Waals surface area contributed by atoms with Crippen molar-refractivity contribution in [2.45, 2.75) is 31.7 Å². The molecule has 2 aliphatic heterocycles. The van der Waals surface area contributed by atoms with Gasteiger partial charge in [0, 0.05) is 44.1 Å². The van der Waals surface area contributed by atoms with Gasteiger partial charge < -0.3 is 10.6 Å². The lowest BCUT2D eigenvalue weighted by atomic mass is 9.95. The quantitative estimate of drug-likeness (QED) is 0.827. The minimum atomic E-state index is -3.15. The summed E-state index contributed by atoms with van der Waals surface area (Å²) < 4.78 is 25.4. The molecule has 1 aromatic rings. The monoisotopic (exact) mass is 401 g/mol. The number of amides is 1. The van der Waals surface area contributed by atoms with Gasteiger partial charge in [-0.1, -0.05) is 30.3 Å². The second kappa shape index (κ2) is 8.69. The van der Waals surface area contributed by atoms with E-state index in [-0.39, 0.29) is 41.9 Å². The van der Waals surface area contributed by atoms with E-state index in [1.54, 1.807) is 6.92 Å². The van der Waals surface area contributed by atoms with Crippen LogP contribution in [0.1, 0.15) is 31.2 Å². The molecule has 0 saturated carbocycles. The Hall–Kier alpha value is -1.15. The van der Waals surface area contributed by atoms with Gasteiger partial charge in [-0.25, -0.2) is 12.7 Å². The Kier molecular flexibility index (Phi) is 7.07. The lowest BCUT2D eigenvalue weighted by molar-refractivity contribution is -0.135. The van der Waals surface area contributed by atoms with Gasteiger partial charge in [0.2, 0.25) is 15.9 Å². The van der Waals surface area contributed by atoms with Crippen molar-refractivity contribution in [3.8, 4) is 0 Å². The number of hydrogen-bond acceptors (Lipinski definition) is 4. The number of halogens is 1. The van der Waals surface area contributed by atoms with E-state index in [1.807, 2.05) is 23.1 Å². The van der Waals surface area contributed by atoms with Gasteiger partial charge in [0.05, 0.1) is 5.75 Å². The molecule has 2 atom stereocenters. The summed E-state index contributed by atoms with van der Waals surface area (Å²) >= 11 is 0. The first-order valence-electron chi connectivity index (χ1n) is 8.99. The second-order valence-corrected chi connectivity index (χ2v) is 9.26. The maximum atomic E-state index is 12.9. The first-order valence-corrected chi connectivity index (χ1v) is 10.6. The number of piperidine rings is 1. The molecule has 0 bridgehead atoms. The van der Waals surface area contributed by atoms with Crippen molar-refractivity contribution < 1.29 is 13.2 Å². The molecule has 2 N–H and O–H groups in total. The molecule has 146 valence electrons. The highest BCUT2D eigenvalue weighted by Gasteiger charge is 2.38. The van der Waals surface area contributed by atoms with E-state index in [1.165, 1.54) is 9.87 Å². The average Bonchev–Trinajstić information content (AvgIpc) is 3.03. The fraction of sp³-hybridized carbons (Fsp3) is 0.611. The fourth-order valence-electron chi connectivity index (χ4n) is 3.88. The molecular weight excluding hydrogens is 374 g/mol. The largest absolute Gasteiger partial charge is 0.340 e. The summed E-state index contributed by atoms with van der Waals surface area (Å²) in [6, 6.07) is 10.0. The van der Waals surface area contributed by atoms with Crippen molar-refractivity contribution >= 4 is 28.3 Å². The van der Waals surface area contributed by atoms with Crippen molar-refractivity contribution in [3.63, 3.8) is 0 Å². The van der Waals surface area contributed by atoms with E-state index in [2.05, 4.69) is 12.1 Å². The summed E-state index contributed by atoms with van der Waals surface area (Å²) in [4.78, 5) is 14.7. The molecule has 0 unspecified atom stereocenters. The van der Waals surface area contributed by atoms with Gasteiger partial charge in [0.1, 0.15) is 0 Å². The van der Waals surface area contributed by atoms with Gasteiger partial charge in [-0.05, 0) is 25.3 Å². The van der Waals surface area contributed by atoms with Crippen LogP contribution in [0.5, 0.6) is 0 Å². The Morgan fingerprint density at radius 3 is 2.35 bits per heavy atom. The van der Waals surface area contributed by atoms with Crippen LogP contribution in [0.2, 0.25) is 0 Å². The molecule has 2 aliphatic rings. The molecule has 2 heterocycles. The molecule has 2 saturated heterocycles. The van der Waals surface area contributed by atoms with Crippen molar-refractivity contribution in [2.75, 3.05) is 31.9 Å². The summed E-state index contributed by atoms with van der Waals surface area (Å²) in [5, 5.41) is 0. The van der Waals surface area contributed by atoms with Gasteiger partial charge in [-0.15, -0.1) is 12.4 Å². The third kappa shape index (κ3) is 4.39. The molecule has 0 aliphatic carbocycles. The Balaban J connectivity index is 0.00000243. The smallest absolute Gasteiger partial charge is 0.225 e. The predicted molar refractivity (Wildman–Crippen MR) is 105 cm³/mol. The van der Waals surface area contributed by atoms with Gasteiger partial charge in [0.15, 0.2) is 0 Å². The minimum absolute atomic E-state index is 0. The van der Waals surface area contributed by atoms with Crippen LogP contribution in [0.15, 0.2) is 30.3 Å². The molecular formula is C18H28ClN3O3S. The Labute approximate surface area is 162 Å². The molecule has 1 aromatic carbocycles. The van der Waals surface area contributed by atoms with Crippen LogP contribution in [-0.2, 0) is 14.8 Å². The number of sulfonamides is 1. The number of nitrogens with zero attached hydrogens (tertiary/aromatic N) is 2. The van der Waals surface area contributed by atoms with Crippen molar-refractivity contribution in [1.29, 1.82) is 0 Å². The summed E-state index contributed by atoms with van der Waals surface area (Å²) in [7, 11) is -3.15.